The summed E-state index contributed by atoms with van der Waals surface area (Å²) in [7, 11) is 0. The average molecular weight is 194 g/mol. The molecule has 1 amide bonds. The molecule has 5 nitrogen and oxygen atoms in total. The van der Waals surface area contributed by atoms with Crippen molar-refractivity contribution < 1.29 is 4.79 Å². The Bertz CT molecular complexity index is 288. The Labute approximate surface area is 82.5 Å². The van der Waals surface area contributed by atoms with E-state index in [2.05, 4.69) is 9.97 Å². The molecule has 5 heteroatoms. The predicted molar refractivity (Wildman–Crippen MR) is 52.1 cm³/mol. The number of nitrogens with zero attached hydrogens (tertiary/aromatic N) is 2. The largest absolute Gasteiger partial charge is 0.368 e. The molecule has 0 bridgehead atoms. The molecule has 0 spiro atoms. The van der Waals surface area contributed by atoms with Gasteiger partial charge in [-0.2, -0.15) is 0 Å². The highest BCUT2D eigenvalue weighted by molar-refractivity contribution is 5.79. The molecule has 0 fully saturated rings. The van der Waals surface area contributed by atoms with E-state index in [4.69, 9.17) is 11.5 Å². The maximum atomic E-state index is 10.6. The van der Waals surface area contributed by atoms with Gasteiger partial charge in [0.1, 0.15) is 0 Å². The lowest BCUT2D eigenvalue weighted by Gasteiger charge is -2.05. The zero-order valence-corrected chi connectivity index (χ0v) is 7.89. The number of primary amides is 1. The van der Waals surface area contributed by atoms with Crippen LogP contribution in [0.3, 0.4) is 0 Å². The van der Waals surface area contributed by atoms with Crippen LogP contribution >= 0.6 is 0 Å². The summed E-state index contributed by atoms with van der Waals surface area (Å²) in [6, 6.07) is -0.549. The second-order valence-electron chi connectivity index (χ2n) is 3.10. The SMILES string of the molecule is NC(=O)C(N)CCCc1cnccn1. The van der Waals surface area contributed by atoms with E-state index in [0.29, 0.717) is 6.42 Å². The molecule has 0 aromatic carbocycles. The van der Waals surface area contributed by atoms with Gasteiger partial charge >= 0.3 is 0 Å². The minimum Gasteiger partial charge on any atom is -0.368 e. The quantitative estimate of drug-likeness (QED) is 0.667. The monoisotopic (exact) mass is 194 g/mol. The van der Waals surface area contributed by atoms with Gasteiger partial charge in [-0.3, -0.25) is 14.8 Å². The molecule has 0 aliphatic carbocycles. The van der Waals surface area contributed by atoms with Gasteiger partial charge in [-0.05, 0) is 19.3 Å². The fraction of sp³-hybridized carbons (Fsp3) is 0.444. The molecule has 0 aliphatic rings. The Hall–Kier alpha value is -1.49. The number of amides is 1. The number of hydrogen-bond acceptors (Lipinski definition) is 4. The summed E-state index contributed by atoms with van der Waals surface area (Å²) in [6.45, 7) is 0. The molecule has 0 aliphatic heterocycles. The standard InChI is InChI=1S/C9H14N4O/c10-8(9(11)14)3-1-2-7-6-12-4-5-13-7/h4-6,8H,1-3,10H2,(H2,11,14). The highest BCUT2D eigenvalue weighted by Gasteiger charge is 2.08. The van der Waals surface area contributed by atoms with Crippen LogP contribution in [0.2, 0.25) is 0 Å². The Morgan fingerprint density at radius 3 is 2.86 bits per heavy atom. The molecular weight excluding hydrogens is 180 g/mol. The Morgan fingerprint density at radius 2 is 2.29 bits per heavy atom. The third kappa shape index (κ3) is 3.49. The number of aromatic nitrogens is 2. The third-order valence-electron chi connectivity index (χ3n) is 1.93. The van der Waals surface area contributed by atoms with E-state index in [9.17, 15) is 4.79 Å². The molecule has 14 heavy (non-hydrogen) atoms. The summed E-state index contributed by atoms with van der Waals surface area (Å²) in [4.78, 5) is 18.6. The van der Waals surface area contributed by atoms with Crippen LogP contribution in [-0.2, 0) is 11.2 Å². The van der Waals surface area contributed by atoms with Crippen LogP contribution in [0, 0.1) is 0 Å². The molecule has 1 aromatic heterocycles. The number of rotatable bonds is 5. The summed E-state index contributed by atoms with van der Waals surface area (Å²) in [5.41, 5.74) is 11.4. The molecule has 1 heterocycles. The smallest absolute Gasteiger partial charge is 0.234 e. The highest BCUT2D eigenvalue weighted by atomic mass is 16.1. The van der Waals surface area contributed by atoms with Gasteiger partial charge in [0.05, 0.1) is 11.7 Å². The first-order valence-corrected chi connectivity index (χ1v) is 4.50. The van der Waals surface area contributed by atoms with Crippen molar-refractivity contribution in [2.75, 3.05) is 0 Å². The van der Waals surface area contributed by atoms with Crippen LogP contribution < -0.4 is 11.5 Å². The van der Waals surface area contributed by atoms with Crippen LogP contribution in [0.15, 0.2) is 18.6 Å². The molecule has 1 unspecified atom stereocenters. The Balaban J connectivity index is 2.26. The fourth-order valence-corrected chi connectivity index (χ4v) is 1.10. The summed E-state index contributed by atoms with van der Waals surface area (Å²) in [5, 5.41) is 0. The van der Waals surface area contributed by atoms with Gasteiger partial charge in [0.15, 0.2) is 0 Å². The molecule has 1 atom stereocenters. The van der Waals surface area contributed by atoms with Gasteiger partial charge in [0.25, 0.3) is 0 Å². The third-order valence-corrected chi connectivity index (χ3v) is 1.93. The second kappa shape index (κ2) is 5.29. The molecular formula is C9H14N4O. The van der Waals surface area contributed by atoms with Gasteiger partial charge in [0, 0.05) is 18.6 Å². The van der Waals surface area contributed by atoms with Crippen molar-refractivity contribution in [2.45, 2.75) is 25.3 Å². The lowest BCUT2D eigenvalue weighted by Crippen LogP contribution is -2.36. The zero-order valence-electron chi connectivity index (χ0n) is 7.89. The van der Waals surface area contributed by atoms with Crippen molar-refractivity contribution in [1.82, 2.24) is 9.97 Å². The van der Waals surface area contributed by atoms with Crippen LogP contribution in [0.25, 0.3) is 0 Å². The summed E-state index contributed by atoms with van der Waals surface area (Å²) < 4.78 is 0. The Kier molecular flexibility index (Phi) is 4.00. The molecule has 0 radical (unpaired) electrons. The summed E-state index contributed by atoms with van der Waals surface area (Å²) >= 11 is 0. The highest BCUT2D eigenvalue weighted by Crippen LogP contribution is 2.01. The predicted octanol–water partition coefficient (Wildman–Crippen LogP) is -0.388. The minimum atomic E-state index is -0.549. The maximum Gasteiger partial charge on any atom is 0.234 e. The van der Waals surface area contributed by atoms with E-state index in [1.54, 1.807) is 18.6 Å². The lowest BCUT2D eigenvalue weighted by molar-refractivity contribution is -0.119. The topological polar surface area (TPSA) is 94.9 Å². The lowest BCUT2D eigenvalue weighted by atomic mass is 10.1. The van der Waals surface area contributed by atoms with Crippen molar-refractivity contribution in [2.24, 2.45) is 11.5 Å². The van der Waals surface area contributed by atoms with Gasteiger partial charge in [-0.15, -0.1) is 0 Å². The van der Waals surface area contributed by atoms with Crippen molar-refractivity contribution in [3.05, 3.63) is 24.3 Å². The van der Waals surface area contributed by atoms with E-state index < -0.39 is 11.9 Å². The first-order chi connectivity index (χ1) is 6.70. The molecule has 0 saturated heterocycles. The second-order valence-corrected chi connectivity index (χ2v) is 3.10. The van der Waals surface area contributed by atoms with Crippen LogP contribution in [-0.4, -0.2) is 21.9 Å². The van der Waals surface area contributed by atoms with E-state index in [-0.39, 0.29) is 0 Å². The average Bonchev–Trinajstić information content (AvgIpc) is 2.19. The fourth-order valence-electron chi connectivity index (χ4n) is 1.10. The van der Waals surface area contributed by atoms with Crippen LogP contribution in [0.5, 0.6) is 0 Å². The van der Waals surface area contributed by atoms with Crippen molar-refractivity contribution in [1.29, 1.82) is 0 Å². The summed E-state index contributed by atoms with van der Waals surface area (Å²) in [6.07, 6.45) is 7.13. The van der Waals surface area contributed by atoms with Crippen LogP contribution in [0.4, 0.5) is 0 Å². The van der Waals surface area contributed by atoms with E-state index in [0.717, 1.165) is 18.5 Å². The van der Waals surface area contributed by atoms with E-state index in [1.165, 1.54) is 0 Å². The minimum absolute atomic E-state index is 0.454. The number of hydrogen-bond donors (Lipinski definition) is 2. The molecule has 1 aromatic rings. The van der Waals surface area contributed by atoms with Crippen molar-refractivity contribution >= 4 is 5.91 Å². The Morgan fingerprint density at radius 1 is 1.50 bits per heavy atom. The molecule has 4 N–H and O–H groups in total. The number of nitrogens with two attached hydrogens (primary N) is 2. The van der Waals surface area contributed by atoms with Gasteiger partial charge in [0.2, 0.25) is 5.91 Å². The van der Waals surface area contributed by atoms with Crippen LogP contribution in [0.1, 0.15) is 18.5 Å². The summed E-state index contributed by atoms with van der Waals surface area (Å²) in [5.74, 6) is -0.454. The maximum absolute atomic E-state index is 10.6. The zero-order chi connectivity index (χ0) is 10.4. The molecule has 0 saturated carbocycles. The van der Waals surface area contributed by atoms with Gasteiger partial charge in [-0.1, -0.05) is 0 Å². The van der Waals surface area contributed by atoms with E-state index in [1.807, 2.05) is 0 Å². The number of carbonyl (C=O) groups excluding carboxylic acids is 1. The van der Waals surface area contributed by atoms with Crippen molar-refractivity contribution in [3.63, 3.8) is 0 Å². The first-order valence-electron chi connectivity index (χ1n) is 4.50. The number of carbonyl (C=O) groups is 1. The van der Waals surface area contributed by atoms with E-state index >= 15 is 0 Å². The first kappa shape index (κ1) is 10.6. The normalized spacial score (nSPS) is 12.4. The van der Waals surface area contributed by atoms with Gasteiger partial charge in [-0.25, -0.2) is 0 Å². The molecule has 1 rings (SSSR count). The van der Waals surface area contributed by atoms with Gasteiger partial charge < -0.3 is 11.5 Å². The number of aryl methyl sites for hydroxylation is 1. The molecule has 76 valence electrons. The van der Waals surface area contributed by atoms with Crippen molar-refractivity contribution in [3.8, 4) is 0 Å².